The maximum atomic E-state index is 12.1. The van der Waals surface area contributed by atoms with Gasteiger partial charge in [0.05, 0.1) is 16.3 Å². The fraction of sp³-hybridized carbons (Fsp3) is 0.0833. The molecule has 0 fully saturated rings. The van der Waals surface area contributed by atoms with Gasteiger partial charge in [-0.05, 0) is 29.6 Å². The van der Waals surface area contributed by atoms with Gasteiger partial charge in [-0.1, -0.05) is 11.6 Å². The fourth-order valence-corrected chi connectivity index (χ4v) is 3.59. The minimum atomic E-state index is 0.0632. The van der Waals surface area contributed by atoms with Crippen molar-refractivity contribution >= 4 is 44.4 Å². The second kappa shape index (κ2) is 4.29. The third-order valence-electron chi connectivity index (χ3n) is 2.55. The quantitative estimate of drug-likeness (QED) is 0.700. The van der Waals surface area contributed by atoms with Crippen molar-refractivity contribution in [2.45, 2.75) is 6.54 Å². The van der Waals surface area contributed by atoms with Gasteiger partial charge >= 0.3 is 0 Å². The molecule has 3 rings (SSSR count). The molecule has 0 bridgehead atoms. The Morgan fingerprint density at radius 3 is 2.88 bits per heavy atom. The molecule has 0 N–H and O–H groups in total. The van der Waals surface area contributed by atoms with Gasteiger partial charge in [0, 0.05) is 15.8 Å². The third kappa shape index (κ3) is 2.04. The summed E-state index contributed by atoms with van der Waals surface area (Å²) in [5, 5.41) is 2.73. The van der Waals surface area contributed by atoms with Crippen molar-refractivity contribution in [3.63, 3.8) is 0 Å². The Bertz CT molecular complexity index is 725. The zero-order chi connectivity index (χ0) is 11.8. The lowest BCUT2D eigenvalue weighted by Gasteiger charge is -2.03. The van der Waals surface area contributed by atoms with E-state index in [1.54, 1.807) is 15.9 Å². The summed E-state index contributed by atoms with van der Waals surface area (Å²) in [6.45, 7) is 0.585. The van der Waals surface area contributed by atoms with Crippen LogP contribution >= 0.6 is 34.3 Å². The van der Waals surface area contributed by atoms with Crippen LogP contribution in [0.25, 0.3) is 10.1 Å². The lowest BCUT2D eigenvalue weighted by Crippen LogP contribution is -2.18. The molecular weight excluding hydrogens is 274 g/mol. The lowest BCUT2D eigenvalue weighted by molar-refractivity contribution is 0.779. The predicted octanol–water partition coefficient (Wildman–Crippen LogP) is 3.83. The van der Waals surface area contributed by atoms with Crippen molar-refractivity contribution in [1.29, 1.82) is 0 Å². The van der Waals surface area contributed by atoms with Crippen molar-refractivity contribution in [1.82, 2.24) is 4.57 Å². The largest absolute Gasteiger partial charge is 0.310 e. The molecule has 3 aromatic heterocycles. The van der Waals surface area contributed by atoms with E-state index in [4.69, 9.17) is 11.6 Å². The highest BCUT2D eigenvalue weighted by Crippen LogP contribution is 2.22. The number of hydrogen-bond donors (Lipinski definition) is 0. The smallest absolute Gasteiger partial charge is 0.259 e. The van der Waals surface area contributed by atoms with Gasteiger partial charge in [0.2, 0.25) is 0 Å². The Kier molecular flexibility index (Phi) is 2.78. The van der Waals surface area contributed by atoms with Crippen LogP contribution in [0.3, 0.4) is 0 Å². The lowest BCUT2D eigenvalue weighted by atomic mass is 10.3. The molecule has 0 aliphatic carbocycles. The molecule has 0 saturated heterocycles. The molecule has 0 aliphatic rings. The van der Waals surface area contributed by atoms with E-state index in [-0.39, 0.29) is 5.56 Å². The number of rotatable bonds is 2. The summed E-state index contributed by atoms with van der Waals surface area (Å²) in [6.07, 6.45) is 1.84. The molecule has 0 spiro atoms. The van der Waals surface area contributed by atoms with E-state index >= 15 is 0 Å². The number of halogens is 1. The minimum absolute atomic E-state index is 0.0632. The Balaban J connectivity index is 2.06. The maximum absolute atomic E-state index is 12.1. The highest BCUT2D eigenvalue weighted by Gasteiger charge is 2.05. The van der Waals surface area contributed by atoms with Crippen molar-refractivity contribution in [2.75, 3.05) is 0 Å². The van der Waals surface area contributed by atoms with Crippen LogP contribution in [0, 0.1) is 0 Å². The number of nitrogens with zero attached hydrogens (tertiary/aromatic N) is 1. The molecule has 3 aromatic rings. The monoisotopic (exact) mass is 281 g/mol. The summed E-state index contributed by atoms with van der Waals surface area (Å²) >= 11 is 8.97. The Morgan fingerprint density at radius 2 is 2.12 bits per heavy atom. The van der Waals surface area contributed by atoms with E-state index in [1.807, 2.05) is 35.8 Å². The molecule has 5 heteroatoms. The van der Waals surface area contributed by atoms with Gasteiger partial charge in [0.1, 0.15) is 0 Å². The van der Waals surface area contributed by atoms with Gasteiger partial charge < -0.3 is 4.57 Å². The Labute approximate surface area is 111 Å². The normalized spacial score (nSPS) is 11.1. The molecule has 0 aliphatic heterocycles. The second-order valence-corrected chi connectivity index (χ2v) is 6.40. The number of thiophene rings is 2. The van der Waals surface area contributed by atoms with Crippen molar-refractivity contribution in [3.05, 3.63) is 55.4 Å². The molecule has 2 nitrogen and oxygen atoms in total. The molecule has 0 unspecified atom stereocenters. The van der Waals surface area contributed by atoms with Crippen LogP contribution < -0.4 is 5.56 Å². The zero-order valence-corrected chi connectivity index (χ0v) is 11.1. The van der Waals surface area contributed by atoms with Crippen LogP contribution in [0.4, 0.5) is 0 Å². The van der Waals surface area contributed by atoms with E-state index in [2.05, 4.69) is 0 Å². The molecule has 0 saturated carbocycles. The van der Waals surface area contributed by atoms with Crippen LogP contribution in [-0.2, 0) is 6.54 Å². The van der Waals surface area contributed by atoms with E-state index in [9.17, 15) is 4.79 Å². The molecule has 0 atom stereocenters. The van der Waals surface area contributed by atoms with Gasteiger partial charge in [0.25, 0.3) is 5.56 Å². The number of fused-ring (bicyclic) bond motifs is 1. The van der Waals surface area contributed by atoms with Crippen LogP contribution in [-0.4, -0.2) is 4.57 Å². The van der Waals surface area contributed by atoms with Crippen molar-refractivity contribution in [2.24, 2.45) is 0 Å². The molecule has 3 heterocycles. The fourth-order valence-electron chi connectivity index (χ4n) is 1.74. The van der Waals surface area contributed by atoms with E-state index in [0.717, 1.165) is 19.3 Å². The SMILES string of the molecule is O=c1c2ccsc2ccn1Cc1ccc(Cl)s1. The number of pyridine rings is 1. The van der Waals surface area contributed by atoms with Crippen LogP contribution in [0.1, 0.15) is 4.88 Å². The van der Waals surface area contributed by atoms with Crippen LogP contribution in [0.15, 0.2) is 40.6 Å². The van der Waals surface area contributed by atoms with Gasteiger partial charge in [-0.2, -0.15) is 0 Å². The maximum Gasteiger partial charge on any atom is 0.259 e. The summed E-state index contributed by atoms with van der Waals surface area (Å²) in [7, 11) is 0. The molecular formula is C12H8ClNOS2. The summed E-state index contributed by atoms with van der Waals surface area (Å²) in [4.78, 5) is 13.2. The zero-order valence-electron chi connectivity index (χ0n) is 8.72. The highest BCUT2D eigenvalue weighted by molar-refractivity contribution is 7.17. The first-order valence-corrected chi connectivity index (χ1v) is 7.12. The Morgan fingerprint density at radius 1 is 1.24 bits per heavy atom. The number of aromatic nitrogens is 1. The molecule has 0 aromatic carbocycles. The Hall–Kier alpha value is -1.10. The van der Waals surface area contributed by atoms with Gasteiger partial charge in [-0.15, -0.1) is 22.7 Å². The highest BCUT2D eigenvalue weighted by atomic mass is 35.5. The van der Waals surface area contributed by atoms with Crippen molar-refractivity contribution < 1.29 is 0 Å². The first-order valence-electron chi connectivity index (χ1n) is 5.05. The summed E-state index contributed by atoms with van der Waals surface area (Å²) in [5.74, 6) is 0. The summed E-state index contributed by atoms with van der Waals surface area (Å²) in [5.41, 5.74) is 0.0632. The van der Waals surface area contributed by atoms with Gasteiger partial charge in [-0.3, -0.25) is 4.79 Å². The van der Waals surface area contributed by atoms with Gasteiger partial charge in [0.15, 0.2) is 0 Å². The average molecular weight is 282 g/mol. The van der Waals surface area contributed by atoms with E-state index in [1.165, 1.54) is 11.3 Å². The van der Waals surface area contributed by atoms with Gasteiger partial charge in [-0.25, -0.2) is 0 Å². The summed E-state index contributed by atoms with van der Waals surface area (Å²) < 4.78 is 3.51. The molecule has 86 valence electrons. The average Bonchev–Trinajstić information content (AvgIpc) is 2.92. The first-order chi connectivity index (χ1) is 8.24. The first kappa shape index (κ1) is 11.0. The molecule has 0 radical (unpaired) electrons. The van der Waals surface area contributed by atoms with E-state index in [0.29, 0.717) is 6.54 Å². The molecule has 0 amide bonds. The topological polar surface area (TPSA) is 22.0 Å². The summed E-state index contributed by atoms with van der Waals surface area (Å²) in [6, 6.07) is 7.67. The minimum Gasteiger partial charge on any atom is -0.310 e. The third-order valence-corrected chi connectivity index (χ3v) is 4.65. The van der Waals surface area contributed by atoms with Crippen LogP contribution in [0.2, 0.25) is 4.34 Å². The predicted molar refractivity (Wildman–Crippen MR) is 74.5 cm³/mol. The second-order valence-electron chi connectivity index (χ2n) is 3.65. The van der Waals surface area contributed by atoms with Crippen LogP contribution in [0.5, 0.6) is 0 Å². The number of hydrogen-bond acceptors (Lipinski definition) is 3. The molecule has 17 heavy (non-hydrogen) atoms. The van der Waals surface area contributed by atoms with Crippen molar-refractivity contribution in [3.8, 4) is 0 Å². The van der Waals surface area contributed by atoms with E-state index < -0.39 is 0 Å². The standard InChI is InChI=1S/C12H8ClNOS2/c13-11-2-1-8(17-11)7-14-5-3-10-9(12(14)15)4-6-16-10/h1-6H,7H2.